The Morgan fingerprint density at radius 1 is 0.588 bits per heavy atom. The lowest BCUT2D eigenvalue weighted by atomic mass is 9.55. The lowest BCUT2D eigenvalue weighted by Gasteiger charge is -2.48. The fourth-order valence-corrected chi connectivity index (χ4v) is 6.62. The fraction of sp³-hybridized carbons (Fsp3) is 0.176. The largest absolute Gasteiger partial charge is 0.0767 e. The van der Waals surface area contributed by atoms with Crippen LogP contribution in [0.2, 0.25) is 0 Å². The minimum absolute atomic E-state index is 0.213. The molecule has 0 unspecified atom stereocenters. The van der Waals surface area contributed by atoms with E-state index in [0.717, 1.165) is 6.42 Å². The molecule has 0 radical (unpaired) electrons. The molecule has 1 fully saturated rings. The lowest BCUT2D eigenvalue weighted by Crippen LogP contribution is -2.41. The average molecular weight is 437 g/mol. The highest BCUT2D eigenvalue weighted by atomic mass is 14.5. The van der Waals surface area contributed by atoms with Gasteiger partial charge in [-0.2, -0.15) is 0 Å². The molecule has 0 aromatic heterocycles. The summed E-state index contributed by atoms with van der Waals surface area (Å²) in [6, 6.07) is 33.7. The van der Waals surface area contributed by atoms with Crippen molar-refractivity contribution >= 4 is 0 Å². The van der Waals surface area contributed by atoms with Crippen molar-refractivity contribution in [1.82, 2.24) is 0 Å². The van der Waals surface area contributed by atoms with Crippen molar-refractivity contribution in [2.24, 2.45) is 5.92 Å². The van der Waals surface area contributed by atoms with E-state index in [1.54, 1.807) is 11.1 Å². The Kier molecular flexibility index (Phi) is 4.49. The molecule has 7 rings (SSSR count). The number of benzene rings is 4. The van der Waals surface area contributed by atoms with E-state index in [4.69, 9.17) is 0 Å². The van der Waals surface area contributed by atoms with Crippen LogP contribution in [0.5, 0.6) is 0 Å². The molecule has 0 heteroatoms. The molecule has 0 amide bonds. The SMILES string of the molecule is C1=CC(C2(c3c(-c4ccccc4)ccc4c3Cc3cc(-c5ccccc5)ccc3-4)CCC2)C=C1. The first kappa shape index (κ1) is 19.8. The highest BCUT2D eigenvalue weighted by molar-refractivity contribution is 5.86. The van der Waals surface area contributed by atoms with Gasteiger partial charge in [-0.05, 0) is 69.3 Å². The molecule has 3 aliphatic carbocycles. The smallest absolute Gasteiger partial charge is 0.00598 e. The van der Waals surface area contributed by atoms with E-state index in [-0.39, 0.29) is 5.41 Å². The molecular formula is C34H28. The second kappa shape index (κ2) is 7.71. The third-order valence-corrected chi connectivity index (χ3v) is 8.40. The molecule has 4 aromatic rings. The maximum Gasteiger partial charge on any atom is 0.00598 e. The van der Waals surface area contributed by atoms with Gasteiger partial charge in [0.15, 0.2) is 0 Å². The van der Waals surface area contributed by atoms with E-state index in [2.05, 4.69) is 115 Å². The normalized spacial score (nSPS) is 17.4. The zero-order valence-electron chi connectivity index (χ0n) is 19.4. The summed E-state index contributed by atoms with van der Waals surface area (Å²) < 4.78 is 0. The molecule has 0 heterocycles. The van der Waals surface area contributed by atoms with E-state index < -0.39 is 0 Å². The molecule has 4 aromatic carbocycles. The van der Waals surface area contributed by atoms with Crippen LogP contribution in [-0.4, -0.2) is 0 Å². The fourth-order valence-electron chi connectivity index (χ4n) is 6.62. The van der Waals surface area contributed by atoms with Gasteiger partial charge < -0.3 is 0 Å². The van der Waals surface area contributed by atoms with Crippen LogP contribution in [0.3, 0.4) is 0 Å². The Bertz CT molecular complexity index is 1420. The Morgan fingerprint density at radius 3 is 1.91 bits per heavy atom. The molecule has 164 valence electrons. The van der Waals surface area contributed by atoms with Gasteiger partial charge in [0.1, 0.15) is 0 Å². The zero-order valence-corrected chi connectivity index (χ0v) is 19.4. The van der Waals surface area contributed by atoms with Crippen LogP contribution in [0, 0.1) is 5.92 Å². The van der Waals surface area contributed by atoms with Crippen LogP contribution in [0.25, 0.3) is 33.4 Å². The predicted molar refractivity (Wildman–Crippen MR) is 143 cm³/mol. The van der Waals surface area contributed by atoms with Gasteiger partial charge in [0.25, 0.3) is 0 Å². The molecule has 3 aliphatic rings. The monoisotopic (exact) mass is 436 g/mol. The standard InChI is InChI=1S/C34H28/c1-3-10-24(11-4-1)26-16-17-29-27(22-26)23-32-31(29)19-18-30(25-12-5-2-6-13-25)33(32)34(20-9-21-34)28-14-7-8-15-28/h1-8,10-19,22,28H,9,20-21,23H2. The maximum atomic E-state index is 2.43. The molecule has 0 atom stereocenters. The summed E-state index contributed by atoms with van der Waals surface area (Å²) in [7, 11) is 0. The second-order valence-electron chi connectivity index (χ2n) is 10.1. The average Bonchev–Trinajstić information content (AvgIpc) is 3.53. The quantitative estimate of drug-likeness (QED) is 0.264. The van der Waals surface area contributed by atoms with Crippen LogP contribution in [0.1, 0.15) is 36.0 Å². The first-order chi connectivity index (χ1) is 16.8. The van der Waals surface area contributed by atoms with Gasteiger partial charge in [0, 0.05) is 11.3 Å². The molecular weight excluding hydrogens is 408 g/mol. The minimum atomic E-state index is 0.213. The molecule has 0 spiro atoms. The van der Waals surface area contributed by atoms with Crippen molar-refractivity contribution in [3.63, 3.8) is 0 Å². The van der Waals surface area contributed by atoms with Gasteiger partial charge >= 0.3 is 0 Å². The summed E-state index contributed by atoms with van der Waals surface area (Å²) in [4.78, 5) is 0. The summed E-state index contributed by atoms with van der Waals surface area (Å²) in [5.41, 5.74) is 13.1. The third-order valence-electron chi connectivity index (χ3n) is 8.40. The lowest BCUT2D eigenvalue weighted by molar-refractivity contribution is 0.204. The first-order valence-corrected chi connectivity index (χ1v) is 12.6. The number of hydrogen-bond acceptors (Lipinski definition) is 0. The summed E-state index contributed by atoms with van der Waals surface area (Å²) in [6.45, 7) is 0. The highest BCUT2D eigenvalue weighted by Gasteiger charge is 2.47. The van der Waals surface area contributed by atoms with Gasteiger partial charge in [-0.3, -0.25) is 0 Å². The van der Waals surface area contributed by atoms with Crippen LogP contribution in [-0.2, 0) is 11.8 Å². The molecule has 0 nitrogen and oxygen atoms in total. The van der Waals surface area contributed by atoms with Crippen molar-refractivity contribution in [1.29, 1.82) is 0 Å². The van der Waals surface area contributed by atoms with Gasteiger partial charge in [-0.25, -0.2) is 0 Å². The Morgan fingerprint density at radius 2 is 1.24 bits per heavy atom. The Hall–Kier alpha value is -3.64. The molecule has 1 saturated carbocycles. The summed E-state index contributed by atoms with van der Waals surface area (Å²) in [5, 5.41) is 0. The molecule has 0 bridgehead atoms. The number of fused-ring (bicyclic) bond motifs is 3. The molecule has 34 heavy (non-hydrogen) atoms. The van der Waals surface area contributed by atoms with E-state index in [0.29, 0.717) is 5.92 Å². The van der Waals surface area contributed by atoms with Crippen molar-refractivity contribution in [3.8, 4) is 33.4 Å². The number of allylic oxidation sites excluding steroid dienone is 4. The topological polar surface area (TPSA) is 0 Å². The first-order valence-electron chi connectivity index (χ1n) is 12.6. The summed E-state index contributed by atoms with van der Waals surface area (Å²) >= 11 is 0. The van der Waals surface area contributed by atoms with Gasteiger partial charge in [0.2, 0.25) is 0 Å². The summed E-state index contributed by atoms with van der Waals surface area (Å²) in [6.07, 6.45) is 14.3. The van der Waals surface area contributed by atoms with Crippen LogP contribution in [0.15, 0.2) is 115 Å². The van der Waals surface area contributed by atoms with Crippen molar-refractivity contribution in [2.75, 3.05) is 0 Å². The molecule has 0 aliphatic heterocycles. The molecule has 0 saturated heterocycles. The molecule has 0 N–H and O–H groups in total. The number of hydrogen-bond donors (Lipinski definition) is 0. The van der Waals surface area contributed by atoms with Crippen molar-refractivity contribution < 1.29 is 0 Å². The van der Waals surface area contributed by atoms with Gasteiger partial charge in [0.05, 0.1) is 0 Å². The van der Waals surface area contributed by atoms with Gasteiger partial charge in [-0.15, -0.1) is 0 Å². The van der Waals surface area contributed by atoms with Crippen LogP contribution >= 0.6 is 0 Å². The second-order valence-corrected chi connectivity index (χ2v) is 10.1. The van der Waals surface area contributed by atoms with Crippen molar-refractivity contribution in [2.45, 2.75) is 31.1 Å². The van der Waals surface area contributed by atoms with Crippen molar-refractivity contribution in [3.05, 3.63) is 132 Å². The Labute approximate surface area is 202 Å². The van der Waals surface area contributed by atoms with Crippen LogP contribution in [0.4, 0.5) is 0 Å². The van der Waals surface area contributed by atoms with E-state index in [9.17, 15) is 0 Å². The maximum absolute atomic E-state index is 2.43. The predicted octanol–water partition coefficient (Wildman–Crippen LogP) is 8.76. The Balaban J connectivity index is 1.42. The van der Waals surface area contributed by atoms with E-state index >= 15 is 0 Å². The van der Waals surface area contributed by atoms with E-state index in [1.165, 1.54) is 58.2 Å². The van der Waals surface area contributed by atoms with E-state index in [1.807, 2.05) is 0 Å². The number of rotatable bonds is 4. The minimum Gasteiger partial charge on any atom is -0.0767 e. The third kappa shape index (κ3) is 2.91. The van der Waals surface area contributed by atoms with Crippen LogP contribution < -0.4 is 0 Å². The summed E-state index contributed by atoms with van der Waals surface area (Å²) in [5.74, 6) is 0.499. The zero-order chi connectivity index (χ0) is 22.5. The highest BCUT2D eigenvalue weighted by Crippen LogP contribution is 2.57. The van der Waals surface area contributed by atoms with Gasteiger partial charge in [-0.1, -0.05) is 122 Å².